The Hall–Kier alpha value is -0.0800. The summed E-state index contributed by atoms with van der Waals surface area (Å²) >= 11 is 0. The second-order valence-electron chi connectivity index (χ2n) is 4.19. The number of rotatable bonds is 3. The van der Waals surface area contributed by atoms with E-state index in [1.165, 1.54) is 25.7 Å². The van der Waals surface area contributed by atoms with E-state index in [2.05, 4.69) is 12.2 Å². The van der Waals surface area contributed by atoms with Crippen LogP contribution >= 0.6 is 0 Å². The van der Waals surface area contributed by atoms with Crippen LogP contribution in [0.5, 0.6) is 0 Å². The minimum atomic E-state index is 0.672. The molecule has 1 aliphatic carbocycles. The fourth-order valence-electron chi connectivity index (χ4n) is 2.26. The van der Waals surface area contributed by atoms with E-state index >= 15 is 0 Å². The van der Waals surface area contributed by atoms with Crippen LogP contribution < -0.4 is 5.32 Å². The van der Waals surface area contributed by atoms with Crippen LogP contribution in [0.15, 0.2) is 0 Å². The summed E-state index contributed by atoms with van der Waals surface area (Å²) in [6.07, 6.45) is 5.57. The van der Waals surface area contributed by atoms with Crippen LogP contribution in [0.1, 0.15) is 32.6 Å². The molecule has 0 aromatic rings. The maximum Gasteiger partial charge on any atom is 0.0643 e. The summed E-state index contributed by atoms with van der Waals surface area (Å²) in [5.41, 5.74) is 0. The van der Waals surface area contributed by atoms with Gasteiger partial charge in [0.15, 0.2) is 0 Å². The lowest BCUT2D eigenvalue weighted by atomic mass is 10.1. The third kappa shape index (κ3) is 1.80. The molecule has 12 heavy (non-hydrogen) atoms. The zero-order valence-electron chi connectivity index (χ0n) is 7.88. The van der Waals surface area contributed by atoms with Crippen molar-refractivity contribution in [1.82, 2.24) is 5.32 Å². The van der Waals surface area contributed by atoms with E-state index < -0.39 is 0 Å². The zero-order chi connectivity index (χ0) is 8.39. The first-order valence-corrected chi connectivity index (χ1v) is 5.22. The molecule has 0 amide bonds. The van der Waals surface area contributed by atoms with Crippen molar-refractivity contribution in [3.05, 3.63) is 0 Å². The molecule has 2 rings (SSSR count). The quantitative estimate of drug-likeness (QED) is 0.692. The molecule has 0 aromatic heterocycles. The van der Waals surface area contributed by atoms with Crippen molar-refractivity contribution in [2.24, 2.45) is 5.92 Å². The number of hydrogen-bond acceptors (Lipinski definition) is 2. The third-order valence-electron chi connectivity index (χ3n) is 3.23. The van der Waals surface area contributed by atoms with Crippen molar-refractivity contribution in [3.8, 4) is 0 Å². The summed E-state index contributed by atoms with van der Waals surface area (Å²) in [7, 11) is 0. The highest BCUT2D eigenvalue weighted by Crippen LogP contribution is 2.28. The van der Waals surface area contributed by atoms with Gasteiger partial charge in [-0.25, -0.2) is 0 Å². The first-order chi connectivity index (χ1) is 5.88. The van der Waals surface area contributed by atoms with Crippen molar-refractivity contribution >= 4 is 0 Å². The number of nitrogens with one attached hydrogen (secondary N) is 1. The van der Waals surface area contributed by atoms with Gasteiger partial charge in [0, 0.05) is 6.04 Å². The van der Waals surface area contributed by atoms with E-state index in [-0.39, 0.29) is 0 Å². The molecular weight excluding hydrogens is 150 g/mol. The van der Waals surface area contributed by atoms with Crippen LogP contribution in [0.3, 0.4) is 0 Å². The van der Waals surface area contributed by atoms with Gasteiger partial charge in [-0.2, -0.15) is 0 Å². The van der Waals surface area contributed by atoms with Crippen molar-refractivity contribution in [1.29, 1.82) is 0 Å². The monoisotopic (exact) mass is 169 g/mol. The molecule has 0 bridgehead atoms. The summed E-state index contributed by atoms with van der Waals surface area (Å²) in [5, 5.41) is 3.65. The highest BCUT2D eigenvalue weighted by atomic mass is 16.5. The third-order valence-corrected chi connectivity index (χ3v) is 3.23. The fraction of sp³-hybridized carbons (Fsp3) is 1.00. The Bertz CT molecular complexity index is 145. The van der Waals surface area contributed by atoms with E-state index in [0.717, 1.165) is 25.2 Å². The highest BCUT2D eigenvalue weighted by Gasteiger charge is 2.27. The molecule has 0 spiro atoms. The smallest absolute Gasteiger partial charge is 0.0643 e. The van der Waals surface area contributed by atoms with E-state index in [4.69, 9.17) is 4.74 Å². The zero-order valence-corrected chi connectivity index (χ0v) is 7.88. The Kier molecular flexibility index (Phi) is 2.66. The van der Waals surface area contributed by atoms with Gasteiger partial charge in [-0.05, 0) is 25.2 Å². The lowest BCUT2D eigenvalue weighted by Gasteiger charge is -2.30. The van der Waals surface area contributed by atoms with Gasteiger partial charge in [-0.1, -0.05) is 13.3 Å². The van der Waals surface area contributed by atoms with Crippen LogP contribution in [0.25, 0.3) is 0 Å². The van der Waals surface area contributed by atoms with Crippen LogP contribution in [-0.4, -0.2) is 25.3 Å². The van der Waals surface area contributed by atoms with E-state index in [9.17, 15) is 0 Å². The van der Waals surface area contributed by atoms with Gasteiger partial charge in [0.1, 0.15) is 0 Å². The van der Waals surface area contributed by atoms with Crippen molar-refractivity contribution in [3.63, 3.8) is 0 Å². The second kappa shape index (κ2) is 3.75. The lowest BCUT2D eigenvalue weighted by molar-refractivity contribution is -0.00982. The summed E-state index contributed by atoms with van der Waals surface area (Å²) < 4.78 is 5.14. The molecule has 0 radical (unpaired) electrons. The molecule has 70 valence electrons. The summed E-state index contributed by atoms with van der Waals surface area (Å²) in [6, 6.07) is 1.47. The Balaban J connectivity index is 1.68. The number of hydrogen-bond donors (Lipinski definition) is 1. The first kappa shape index (κ1) is 8.52. The number of ether oxygens (including phenoxy) is 1. The van der Waals surface area contributed by atoms with Gasteiger partial charge in [0.25, 0.3) is 0 Å². The van der Waals surface area contributed by atoms with E-state index in [1.807, 2.05) is 0 Å². The molecule has 2 aliphatic rings. The molecule has 2 nitrogen and oxygen atoms in total. The van der Waals surface area contributed by atoms with Gasteiger partial charge < -0.3 is 10.1 Å². The SMILES string of the molecule is CCC1CCC(NC2COC2)C1. The van der Waals surface area contributed by atoms with Gasteiger partial charge in [-0.3, -0.25) is 0 Å². The van der Waals surface area contributed by atoms with Crippen LogP contribution in [0.4, 0.5) is 0 Å². The molecule has 0 aromatic carbocycles. The second-order valence-corrected chi connectivity index (χ2v) is 4.19. The van der Waals surface area contributed by atoms with Gasteiger partial charge in [0.2, 0.25) is 0 Å². The Morgan fingerprint density at radius 3 is 2.58 bits per heavy atom. The molecule has 1 saturated heterocycles. The Morgan fingerprint density at radius 1 is 1.25 bits per heavy atom. The molecule has 2 atom stereocenters. The first-order valence-electron chi connectivity index (χ1n) is 5.22. The molecule has 2 heteroatoms. The molecule has 1 heterocycles. The average Bonchev–Trinajstić information content (AvgIpc) is 2.44. The van der Waals surface area contributed by atoms with E-state index in [0.29, 0.717) is 6.04 Å². The van der Waals surface area contributed by atoms with Gasteiger partial charge in [0.05, 0.1) is 19.3 Å². The van der Waals surface area contributed by atoms with Gasteiger partial charge in [-0.15, -0.1) is 0 Å². The van der Waals surface area contributed by atoms with Crippen LogP contribution in [0, 0.1) is 5.92 Å². The largest absolute Gasteiger partial charge is 0.378 e. The molecule has 1 aliphatic heterocycles. The summed E-state index contributed by atoms with van der Waals surface area (Å²) in [6.45, 7) is 4.18. The highest BCUT2D eigenvalue weighted by molar-refractivity contribution is 4.84. The van der Waals surface area contributed by atoms with Crippen molar-refractivity contribution in [2.45, 2.75) is 44.7 Å². The Morgan fingerprint density at radius 2 is 2.08 bits per heavy atom. The lowest BCUT2D eigenvalue weighted by Crippen LogP contribution is -2.49. The predicted molar refractivity (Wildman–Crippen MR) is 49.2 cm³/mol. The maximum absolute atomic E-state index is 5.14. The normalized spacial score (nSPS) is 36.8. The Labute approximate surface area is 74.7 Å². The molecule has 1 N–H and O–H groups in total. The predicted octanol–water partition coefficient (Wildman–Crippen LogP) is 1.55. The maximum atomic E-state index is 5.14. The molecular formula is C10H19NO. The van der Waals surface area contributed by atoms with Crippen molar-refractivity contribution in [2.75, 3.05) is 13.2 Å². The minimum Gasteiger partial charge on any atom is -0.378 e. The molecule has 1 saturated carbocycles. The average molecular weight is 169 g/mol. The minimum absolute atomic E-state index is 0.672. The molecule has 2 fully saturated rings. The van der Waals surface area contributed by atoms with E-state index in [1.54, 1.807) is 0 Å². The van der Waals surface area contributed by atoms with Gasteiger partial charge >= 0.3 is 0 Å². The topological polar surface area (TPSA) is 21.3 Å². The summed E-state index contributed by atoms with van der Waals surface area (Å²) in [5.74, 6) is 0.989. The molecule has 2 unspecified atom stereocenters. The summed E-state index contributed by atoms with van der Waals surface area (Å²) in [4.78, 5) is 0. The van der Waals surface area contributed by atoms with Crippen LogP contribution in [-0.2, 0) is 4.74 Å². The fourth-order valence-corrected chi connectivity index (χ4v) is 2.26. The standard InChI is InChI=1S/C10H19NO/c1-2-8-3-4-9(5-8)11-10-6-12-7-10/h8-11H,2-7H2,1H3. The van der Waals surface area contributed by atoms with Crippen LogP contribution in [0.2, 0.25) is 0 Å². The van der Waals surface area contributed by atoms with Crippen molar-refractivity contribution < 1.29 is 4.74 Å².